The van der Waals surface area contributed by atoms with Gasteiger partial charge in [-0.05, 0) is 43.3 Å². The number of hydrogen-bond donors (Lipinski definition) is 0. The molecule has 3 heterocycles. The Morgan fingerprint density at radius 2 is 1.67 bits per heavy atom. The van der Waals surface area contributed by atoms with Crippen LogP contribution < -0.4 is 0 Å². The lowest BCUT2D eigenvalue weighted by Gasteiger charge is -2.34. The van der Waals surface area contributed by atoms with E-state index in [2.05, 4.69) is 14.5 Å². The van der Waals surface area contributed by atoms with Crippen molar-refractivity contribution in [2.75, 3.05) is 32.7 Å². The van der Waals surface area contributed by atoms with E-state index in [0.29, 0.717) is 0 Å². The van der Waals surface area contributed by atoms with E-state index >= 15 is 0 Å². The Bertz CT molecular complexity index is 874. The molecular formula is C21H25N5O. The van der Waals surface area contributed by atoms with Crippen molar-refractivity contribution in [1.29, 1.82) is 0 Å². The lowest BCUT2D eigenvalue weighted by Crippen LogP contribution is -2.49. The summed E-state index contributed by atoms with van der Waals surface area (Å²) in [5.74, 6) is 1.17. The van der Waals surface area contributed by atoms with Crippen LogP contribution in [0, 0.1) is 6.92 Å². The Morgan fingerprint density at radius 1 is 0.963 bits per heavy atom. The first-order valence-electron chi connectivity index (χ1n) is 9.43. The highest BCUT2D eigenvalue weighted by molar-refractivity contribution is 5.94. The van der Waals surface area contributed by atoms with Crippen molar-refractivity contribution >= 4 is 5.91 Å². The SMILES string of the molecule is Cc1nccn1CCN1CCN(C(=O)c2ccc(-n3cccc3)cc2)CC1. The van der Waals surface area contributed by atoms with Crippen LogP contribution in [0.5, 0.6) is 0 Å². The van der Waals surface area contributed by atoms with Crippen molar-refractivity contribution in [1.82, 2.24) is 23.9 Å². The number of aromatic nitrogens is 3. The maximum absolute atomic E-state index is 12.8. The number of carbonyl (C=O) groups is 1. The first-order valence-corrected chi connectivity index (χ1v) is 9.43. The van der Waals surface area contributed by atoms with Crippen LogP contribution in [-0.2, 0) is 6.54 Å². The van der Waals surface area contributed by atoms with Gasteiger partial charge >= 0.3 is 0 Å². The first kappa shape index (κ1) is 17.5. The maximum atomic E-state index is 12.8. The molecule has 1 fully saturated rings. The Balaban J connectivity index is 1.30. The molecule has 0 N–H and O–H groups in total. The second-order valence-corrected chi connectivity index (χ2v) is 6.94. The third-order valence-electron chi connectivity index (χ3n) is 5.26. The molecule has 1 amide bonds. The van der Waals surface area contributed by atoms with Gasteiger partial charge in [0.15, 0.2) is 0 Å². The zero-order valence-electron chi connectivity index (χ0n) is 15.7. The Morgan fingerprint density at radius 3 is 2.30 bits per heavy atom. The van der Waals surface area contributed by atoms with Crippen LogP contribution in [0.3, 0.4) is 0 Å². The minimum atomic E-state index is 0.124. The number of carbonyl (C=O) groups excluding carboxylic acids is 1. The summed E-state index contributed by atoms with van der Waals surface area (Å²) in [6, 6.07) is 11.8. The molecular weight excluding hydrogens is 338 g/mol. The Hall–Kier alpha value is -2.86. The molecule has 1 aliphatic rings. The van der Waals surface area contributed by atoms with Crippen LogP contribution in [-0.4, -0.2) is 62.5 Å². The molecule has 0 radical (unpaired) electrons. The molecule has 0 spiro atoms. The molecule has 0 unspecified atom stereocenters. The van der Waals surface area contributed by atoms with Gasteiger partial charge in [-0.25, -0.2) is 4.98 Å². The van der Waals surface area contributed by atoms with E-state index in [9.17, 15) is 4.79 Å². The van der Waals surface area contributed by atoms with E-state index in [1.54, 1.807) is 0 Å². The molecule has 6 nitrogen and oxygen atoms in total. The lowest BCUT2D eigenvalue weighted by molar-refractivity contribution is 0.0633. The van der Waals surface area contributed by atoms with Crippen molar-refractivity contribution in [3.63, 3.8) is 0 Å². The van der Waals surface area contributed by atoms with Crippen LogP contribution >= 0.6 is 0 Å². The smallest absolute Gasteiger partial charge is 0.253 e. The van der Waals surface area contributed by atoms with Gasteiger partial charge in [0.05, 0.1) is 0 Å². The first-order chi connectivity index (χ1) is 13.2. The van der Waals surface area contributed by atoms with E-state index in [4.69, 9.17) is 0 Å². The summed E-state index contributed by atoms with van der Waals surface area (Å²) in [5.41, 5.74) is 1.82. The second kappa shape index (κ2) is 7.80. The van der Waals surface area contributed by atoms with Crippen molar-refractivity contribution < 1.29 is 4.79 Å². The molecule has 6 heteroatoms. The number of aryl methyl sites for hydroxylation is 1. The summed E-state index contributed by atoms with van der Waals surface area (Å²) >= 11 is 0. The third kappa shape index (κ3) is 3.95. The van der Waals surface area contributed by atoms with Crippen molar-refractivity contribution in [2.24, 2.45) is 0 Å². The Labute approximate surface area is 159 Å². The summed E-state index contributed by atoms with van der Waals surface area (Å²) in [6.07, 6.45) is 7.86. The molecule has 27 heavy (non-hydrogen) atoms. The zero-order valence-corrected chi connectivity index (χ0v) is 15.7. The fourth-order valence-electron chi connectivity index (χ4n) is 3.53. The topological polar surface area (TPSA) is 46.3 Å². The highest BCUT2D eigenvalue weighted by atomic mass is 16.2. The third-order valence-corrected chi connectivity index (χ3v) is 5.26. The minimum absolute atomic E-state index is 0.124. The fourth-order valence-corrected chi connectivity index (χ4v) is 3.53. The summed E-state index contributed by atoms with van der Waals surface area (Å²) in [7, 11) is 0. The van der Waals surface area contributed by atoms with E-state index in [1.165, 1.54) is 0 Å². The number of amides is 1. The van der Waals surface area contributed by atoms with E-state index in [0.717, 1.165) is 56.3 Å². The number of hydrogen-bond acceptors (Lipinski definition) is 3. The van der Waals surface area contributed by atoms with Crippen molar-refractivity contribution in [3.8, 4) is 5.69 Å². The molecule has 2 aromatic heterocycles. The highest BCUT2D eigenvalue weighted by Crippen LogP contribution is 2.13. The quantitative estimate of drug-likeness (QED) is 0.699. The number of benzene rings is 1. The second-order valence-electron chi connectivity index (χ2n) is 6.94. The van der Waals surface area contributed by atoms with Crippen LogP contribution in [0.1, 0.15) is 16.2 Å². The molecule has 1 aromatic carbocycles. The predicted octanol–water partition coefficient (Wildman–Crippen LogP) is 2.44. The number of nitrogens with zero attached hydrogens (tertiary/aromatic N) is 5. The fraction of sp³-hybridized carbons (Fsp3) is 0.333. The molecule has 0 aliphatic carbocycles. The molecule has 140 valence electrons. The molecule has 3 aromatic rings. The van der Waals surface area contributed by atoms with Gasteiger partial charge < -0.3 is 14.0 Å². The van der Waals surface area contributed by atoms with Gasteiger partial charge in [-0.15, -0.1) is 0 Å². The standard InChI is InChI=1S/C21H25N5O/c1-18-22-8-11-24(18)15-12-23-13-16-26(17-14-23)21(27)19-4-6-20(7-5-19)25-9-2-3-10-25/h2-11H,12-17H2,1H3. The average molecular weight is 363 g/mol. The van der Waals surface area contributed by atoms with E-state index in [-0.39, 0.29) is 5.91 Å². The van der Waals surface area contributed by atoms with Gasteiger partial charge in [0.1, 0.15) is 5.82 Å². The van der Waals surface area contributed by atoms with Crippen molar-refractivity contribution in [3.05, 3.63) is 72.6 Å². The average Bonchev–Trinajstić information content (AvgIpc) is 3.38. The van der Waals surface area contributed by atoms with Gasteiger partial charge in [-0.3, -0.25) is 9.69 Å². The van der Waals surface area contributed by atoms with Crippen LogP contribution in [0.15, 0.2) is 61.2 Å². The summed E-state index contributed by atoms with van der Waals surface area (Å²) in [4.78, 5) is 21.4. The number of imidazole rings is 1. The Kier molecular flexibility index (Phi) is 5.07. The minimum Gasteiger partial charge on any atom is -0.336 e. The molecule has 0 atom stereocenters. The zero-order chi connectivity index (χ0) is 18.6. The highest BCUT2D eigenvalue weighted by Gasteiger charge is 2.22. The number of rotatable bonds is 5. The largest absolute Gasteiger partial charge is 0.336 e. The van der Waals surface area contributed by atoms with Gasteiger partial charge in [0.25, 0.3) is 5.91 Å². The summed E-state index contributed by atoms with van der Waals surface area (Å²) in [5, 5.41) is 0. The summed E-state index contributed by atoms with van der Waals surface area (Å²) < 4.78 is 4.21. The maximum Gasteiger partial charge on any atom is 0.253 e. The molecule has 4 rings (SSSR count). The summed E-state index contributed by atoms with van der Waals surface area (Å²) in [6.45, 7) is 7.35. The van der Waals surface area contributed by atoms with Gasteiger partial charge in [-0.2, -0.15) is 0 Å². The lowest BCUT2D eigenvalue weighted by atomic mass is 10.1. The molecule has 0 bridgehead atoms. The predicted molar refractivity (Wildman–Crippen MR) is 105 cm³/mol. The van der Waals surface area contributed by atoms with Crippen LogP contribution in [0.25, 0.3) is 5.69 Å². The van der Waals surface area contributed by atoms with E-state index < -0.39 is 0 Å². The van der Waals surface area contributed by atoms with Crippen LogP contribution in [0.2, 0.25) is 0 Å². The number of piperazine rings is 1. The van der Waals surface area contributed by atoms with Gasteiger partial charge in [0, 0.05) is 75.3 Å². The van der Waals surface area contributed by atoms with Crippen LogP contribution in [0.4, 0.5) is 0 Å². The molecule has 0 saturated carbocycles. The monoisotopic (exact) mass is 363 g/mol. The molecule has 1 saturated heterocycles. The van der Waals surface area contributed by atoms with Crippen molar-refractivity contribution in [2.45, 2.75) is 13.5 Å². The normalized spacial score (nSPS) is 15.2. The van der Waals surface area contributed by atoms with Gasteiger partial charge in [0.2, 0.25) is 0 Å². The van der Waals surface area contributed by atoms with E-state index in [1.807, 2.05) is 77.6 Å². The molecule has 1 aliphatic heterocycles. The van der Waals surface area contributed by atoms with Gasteiger partial charge in [-0.1, -0.05) is 0 Å².